The normalized spacial score (nSPS) is 12.9. The van der Waals surface area contributed by atoms with Crippen molar-refractivity contribution in [2.24, 2.45) is 0 Å². The van der Waals surface area contributed by atoms with Crippen LogP contribution in [0, 0.1) is 3.14 Å². The smallest absolute Gasteiger partial charge is 0.145 e. The first-order valence-corrected chi connectivity index (χ1v) is 37.5. The molecule has 0 N–H and O–H groups in total. The monoisotopic (exact) mass is 1350 g/mol. The third kappa shape index (κ3) is 17.3. The van der Waals surface area contributed by atoms with E-state index in [0.717, 1.165) is 26.1 Å². The van der Waals surface area contributed by atoms with E-state index in [9.17, 15) is 0 Å². The van der Waals surface area contributed by atoms with E-state index in [-0.39, 0.29) is 32.5 Å². The molecule has 0 aliphatic heterocycles. The SMILES string of the molecule is CC(C)(C)c1ccc(C(c2ccc(OCCOCCSc3sc(=S)sc3SCCOCCOc3ccc(C(c4ccc(C(C)(C)C)cc4)(c4ccc(C(C)(C)C)cc4)c4ccc(C(C)(C)C)cc4)cc3)cc2)(c2ccc(C(C)(C)C)cc2)c2ccc(C(C)(C)C)cc2)cc1. The summed E-state index contributed by atoms with van der Waals surface area (Å²) in [6, 6.07) is 73.4. The summed E-state index contributed by atoms with van der Waals surface area (Å²) in [5, 5.41) is 0. The van der Waals surface area contributed by atoms with Crippen LogP contribution < -0.4 is 9.47 Å². The zero-order valence-electron chi connectivity index (χ0n) is 59.3. The first-order valence-electron chi connectivity index (χ1n) is 33.5. The molecule has 0 radical (unpaired) electrons. The van der Waals surface area contributed by atoms with Crippen molar-refractivity contribution in [3.8, 4) is 11.5 Å². The molecule has 9 heteroatoms. The zero-order chi connectivity index (χ0) is 67.9. The van der Waals surface area contributed by atoms with Crippen LogP contribution in [0.2, 0.25) is 0 Å². The molecular formula is C85H102O4S5. The molecule has 94 heavy (non-hydrogen) atoms. The molecule has 9 rings (SSSR count). The number of ether oxygens (including phenoxy) is 4. The topological polar surface area (TPSA) is 36.9 Å². The van der Waals surface area contributed by atoms with Crippen molar-refractivity contribution in [2.75, 3.05) is 51.1 Å². The molecule has 0 bridgehead atoms. The lowest BCUT2D eigenvalue weighted by atomic mass is 9.64. The van der Waals surface area contributed by atoms with E-state index in [1.165, 1.54) is 86.3 Å². The van der Waals surface area contributed by atoms with Gasteiger partial charge in [0.05, 0.1) is 45.7 Å². The van der Waals surface area contributed by atoms with E-state index in [1.807, 2.05) is 23.5 Å². The van der Waals surface area contributed by atoms with Crippen molar-refractivity contribution in [2.45, 2.75) is 176 Å². The maximum Gasteiger partial charge on any atom is 0.145 e. The molecule has 9 aromatic rings. The highest BCUT2D eigenvalue weighted by molar-refractivity contribution is 8.05. The molecule has 0 spiro atoms. The summed E-state index contributed by atoms with van der Waals surface area (Å²) in [5.74, 6) is 3.29. The van der Waals surface area contributed by atoms with Gasteiger partial charge in [0.2, 0.25) is 0 Å². The third-order valence-electron chi connectivity index (χ3n) is 18.1. The molecule has 1 aromatic heterocycles. The summed E-state index contributed by atoms with van der Waals surface area (Å²) in [6.45, 7) is 44.2. The second kappa shape index (κ2) is 29.9. The zero-order valence-corrected chi connectivity index (χ0v) is 63.4. The average Bonchev–Trinajstić information content (AvgIpc) is 0.825. The van der Waals surface area contributed by atoms with E-state index < -0.39 is 10.8 Å². The van der Waals surface area contributed by atoms with Gasteiger partial charge in [0.15, 0.2) is 0 Å². The maximum absolute atomic E-state index is 6.36. The second-order valence-electron chi connectivity index (χ2n) is 31.2. The number of thioether (sulfide) groups is 2. The Balaban J connectivity index is 0.782. The fourth-order valence-electron chi connectivity index (χ4n) is 12.4. The summed E-state index contributed by atoms with van der Waals surface area (Å²) < 4.78 is 28.5. The Morgan fingerprint density at radius 2 is 0.436 bits per heavy atom. The van der Waals surface area contributed by atoms with Crippen LogP contribution in [0.15, 0.2) is 203 Å². The molecule has 0 aliphatic rings. The van der Waals surface area contributed by atoms with Crippen molar-refractivity contribution >= 4 is 58.4 Å². The molecule has 0 unspecified atom stereocenters. The Morgan fingerprint density at radius 3 is 0.628 bits per heavy atom. The minimum absolute atomic E-state index is 0.0308. The van der Waals surface area contributed by atoms with Gasteiger partial charge in [-0.25, -0.2) is 0 Å². The van der Waals surface area contributed by atoms with E-state index in [4.69, 9.17) is 31.2 Å². The van der Waals surface area contributed by atoms with Gasteiger partial charge >= 0.3 is 0 Å². The highest BCUT2D eigenvalue weighted by atomic mass is 32.2. The van der Waals surface area contributed by atoms with E-state index >= 15 is 0 Å². The summed E-state index contributed by atoms with van der Waals surface area (Å²) in [6.07, 6.45) is 0. The average molecular weight is 1350 g/mol. The second-order valence-corrected chi connectivity index (χ2v) is 37.1. The predicted molar refractivity (Wildman–Crippen MR) is 409 cm³/mol. The fraction of sp³-hybridized carbons (Fsp3) is 0.400. The lowest BCUT2D eigenvalue weighted by Crippen LogP contribution is -2.31. The molecule has 0 saturated heterocycles. The van der Waals surface area contributed by atoms with Crippen LogP contribution in [0.5, 0.6) is 11.5 Å². The molecule has 4 nitrogen and oxygen atoms in total. The van der Waals surface area contributed by atoms with Gasteiger partial charge in [0.25, 0.3) is 0 Å². The van der Waals surface area contributed by atoms with Crippen molar-refractivity contribution < 1.29 is 18.9 Å². The lowest BCUT2D eigenvalue weighted by Gasteiger charge is -2.38. The van der Waals surface area contributed by atoms with Gasteiger partial charge in [-0.2, -0.15) is 0 Å². The van der Waals surface area contributed by atoms with Gasteiger partial charge in [0.1, 0.15) is 27.9 Å². The van der Waals surface area contributed by atoms with Crippen molar-refractivity contribution in [3.05, 3.63) is 275 Å². The number of hydrogen-bond donors (Lipinski definition) is 0. The van der Waals surface area contributed by atoms with Crippen LogP contribution in [-0.4, -0.2) is 51.1 Å². The molecule has 1 heterocycles. The first kappa shape index (κ1) is 72.5. The molecule has 0 atom stereocenters. The Hall–Kier alpha value is -5.75. The Kier molecular flexibility index (Phi) is 23.1. The third-order valence-corrected chi connectivity index (χ3v) is 23.6. The molecule has 0 fully saturated rings. The molecule has 0 amide bonds. The Morgan fingerprint density at radius 1 is 0.255 bits per heavy atom. The Labute approximate surface area is 587 Å². The summed E-state index contributed by atoms with van der Waals surface area (Å²) >= 11 is 12.7. The summed E-state index contributed by atoms with van der Waals surface area (Å²) in [5.41, 5.74) is 16.6. The van der Waals surface area contributed by atoms with Gasteiger partial charge in [-0.3, -0.25) is 0 Å². The first-order chi connectivity index (χ1) is 44.3. The highest BCUT2D eigenvalue weighted by Gasteiger charge is 2.41. The molecule has 8 aromatic carbocycles. The van der Waals surface area contributed by atoms with Crippen molar-refractivity contribution in [1.29, 1.82) is 0 Å². The molecule has 496 valence electrons. The maximum atomic E-state index is 6.36. The highest BCUT2D eigenvalue weighted by Crippen LogP contribution is 2.50. The summed E-state index contributed by atoms with van der Waals surface area (Å²) in [4.78, 5) is 0. The van der Waals surface area contributed by atoms with E-state index in [2.05, 4.69) is 319 Å². The van der Waals surface area contributed by atoms with Crippen LogP contribution in [0.4, 0.5) is 0 Å². The minimum atomic E-state index is -0.588. The van der Waals surface area contributed by atoms with Gasteiger partial charge < -0.3 is 18.9 Å². The lowest BCUT2D eigenvalue weighted by molar-refractivity contribution is 0.112. The van der Waals surface area contributed by atoms with E-state index in [1.54, 1.807) is 22.7 Å². The van der Waals surface area contributed by atoms with Crippen LogP contribution >= 0.6 is 58.4 Å². The molecule has 0 saturated carbocycles. The van der Waals surface area contributed by atoms with E-state index in [0.29, 0.717) is 39.6 Å². The number of rotatable bonds is 24. The fourth-order valence-corrected chi connectivity index (χ4v) is 18.3. The predicted octanol–water partition coefficient (Wildman–Crippen LogP) is 23.5. The molecular weight excluding hydrogens is 1250 g/mol. The largest absolute Gasteiger partial charge is 0.491 e. The quantitative estimate of drug-likeness (QED) is 0.0258. The molecule has 0 aliphatic carbocycles. The number of benzene rings is 8. The van der Waals surface area contributed by atoms with Crippen LogP contribution in [0.3, 0.4) is 0 Å². The van der Waals surface area contributed by atoms with Gasteiger partial charge in [0, 0.05) is 11.5 Å². The van der Waals surface area contributed by atoms with Crippen LogP contribution in [-0.2, 0) is 52.8 Å². The van der Waals surface area contributed by atoms with Crippen LogP contribution in [0.1, 0.15) is 203 Å². The minimum Gasteiger partial charge on any atom is -0.491 e. The van der Waals surface area contributed by atoms with Crippen molar-refractivity contribution in [3.63, 3.8) is 0 Å². The Bertz CT molecular complexity index is 3370. The summed E-state index contributed by atoms with van der Waals surface area (Å²) in [7, 11) is 0. The van der Waals surface area contributed by atoms with Gasteiger partial charge in [-0.15, -0.1) is 46.2 Å². The van der Waals surface area contributed by atoms with Crippen LogP contribution in [0.25, 0.3) is 0 Å². The van der Waals surface area contributed by atoms with Gasteiger partial charge in [-0.05, 0) is 135 Å². The van der Waals surface area contributed by atoms with Crippen molar-refractivity contribution in [1.82, 2.24) is 0 Å². The van der Waals surface area contributed by atoms with Gasteiger partial charge in [-0.1, -0.05) is 307 Å². The number of hydrogen-bond acceptors (Lipinski definition) is 9. The standard InChI is InChI=1S/C85H102O4S5/c1-78(2,3)59-19-31-65(32-20-59)84(66-33-21-60(22-34-66)79(4,5)6,67-35-23-61(24-36-67)80(7,8)9)71-43-47-73(48-44-71)88-53-51-86-55-57-91-75-76(94-77(90)93-75)92-58-56-87-52-54-89-74-49-45-72(46-50-74)85(68-37-25-62(26-38-68)81(10,11)12,69-39-27-63(28-40-69)82(13,14)15)70-41-29-64(30-42-70)83(16,17)18/h19-50H,51-58H2,1-18H3.